The van der Waals surface area contributed by atoms with Crippen LogP contribution in [0.5, 0.6) is 0 Å². The number of nitrogens with zero attached hydrogens (tertiary/aromatic N) is 2. The Morgan fingerprint density at radius 1 is 1.42 bits per heavy atom. The van der Waals surface area contributed by atoms with Crippen LogP contribution in [-0.2, 0) is 6.42 Å². The van der Waals surface area contributed by atoms with Crippen molar-refractivity contribution in [2.75, 3.05) is 0 Å². The van der Waals surface area contributed by atoms with E-state index in [1.54, 1.807) is 0 Å². The summed E-state index contributed by atoms with van der Waals surface area (Å²) in [5.41, 5.74) is 5.57. The lowest BCUT2D eigenvalue weighted by molar-refractivity contribution is 0.357. The molecule has 1 atom stereocenters. The van der Waals surface area contributed by atoms with E-state index < -0.39 is 0 Å². The van der Waals surface area contributed by atoms with Gasteiger partial charge in [-0.15, -0.1) is 0 Å². The number of nitrogens with two attached hydrogens (primary N) is 1. The summed E-state index contributed by atoms with van der Waals surface area (Å²) in [6, 6.07) is -0.144. The predicted octanol–water partition coefficient (Wildman–Crippen LogP) is 1.29. The molecule has 0 fully saturated rings. The third kappa shape index (κ3) is 2.30. The molecule has 0 saturated heterocycles. The molecule has 12 heavy (non-hydrogen) atoms. The van der Waals surface area contributed by atoms with Gasteiger partial charge < -0.3 is 10.3 Å². The van der Waals surface area contributed by atoms with E-state index in [0.29, 0.717) is 17.6 Å². The fourth-order valence-corrected chi connectivity index (χ4v) is 0.885. The van der Waals surface area contributed by atoms with Crippen molar-refractivity contribution in [3.63, 3.8) is 0 Å². The van der Waals surface area contributed by atoms with Crippen molar-refractivity contribution in [1.29, 1.82) is 0 Å². The van der Waals surface area contributed by atoms with Crippen molar-refractivity contribution < 1.29 is 4.52 Å². The summed E-state index contributed by atoms with van der Waals surface area (Å²) in [6.07, 6.45) is 0.819. The molecule has 4 heteroatoms. The molecule has 4 nitrogen and oxygen atoms in total. The quantitative estimate of drug-likeness (QED) is 0.740. The zero-order valence-corrected chi connectivity index (χ0v) is 7.74. The minimum Gasteiger partial charge on any atom is -0.339 e. The van der Waals surface area contributed by atoms with E-state index in [-0.39, 0.29) is 6.04 Å². The fraction of sp³-hybridized carbons (Fsp3) is 0.750. The first-order valence-electron chi connectivity index (χ1n) is 4.17. The molecule has 1 unspecified atom stereocenters. The topological polar surface area (TPSA) is 64.9 Å². The molecule has 68 valence electrons. The largest absolute Gasteiger partial charge is 0.339 e. The van der Waals surface area contributed by atoms with Gasteiger partial charge in [-0.1, -0.05) is 19.0 Å². The second kappa shape index (κ2) is 3.67. The molecule has 1 rings (SSSR count). The lowest BCUT2D eigenvalue weighted by Crippen LogP contribution is -2.07. The van der Waals surface area contributed by atoms with Gasteiger partial charge >= 0.3 is 0 Å². The summed E-state index contributed by atoms with van der Waals surface area (Å²) in [6.45, 7) is 6.05. The van der Waals surface area contributed by atoms with Crippen LogP contribution < -0.4 is 5.73 Å². The summed E-state index contributed by atoms with van der Waals surface area (Å²) >= 11 is 0. The molecule has 0 spiro atoms. The minimum absolute atomic E-state index is 0.144. The molecule has 0 aliphatic heterocycles. The average Bonchev–Trinajstić information content (AvgIpc) is 2.34. The van der Waals surface area contributed by atoms with Crippen LogP contribution in [0.1, 0.15) is 38.5 Å². The van der Waals surface area contributed by atoms with Gasteiger partial charge in [0.2, 0.25) is 5.89 Å². The van der Waals surface area contributed by atoms with Crippen molar-refractivity contribution >= 4 is 0 Å². The van der Waals surface area contributed by atoms with Gasteiger partial charge in [-0.2, -0.15) is 4.98 Å². The Morgan fingerprint density at radius 3 is 2.50 bits per heavy atom. The van der Waals surface area contributed by atoms with Crippen LogP contribution in [-0.4, -0.2) is 10.1 Å². The van der Waals surface area contributed by atoms with Gasteiger partial charge in [0, 0.05) is 6.42 Å². The zero-order chi connectivity index (χ0) is 9.14. The molecule has 1 aromatic rings. The number of hydrogen-bond donors (Lipinski definition) is 1. The maximum atomic E-state index is 5.57. The van der Waals surface area contributed by atoms with Gasteiger partial charge in [0.05, 0.1) is 6.04 Å². The van der Waals surface area contributed by atoms with Crippen LogP contribution >= 0.6 is 0 Å². The number of rotatable bonds is 3. The van der Waals surface area contributed by atoms with Crippen LogP contribution in [0.25, 0.3) is 0 Å². The highest BCUT2D eigenvalue weighted by Crippen LogP contribution is 2.08. The lowest BCUT2D eigenvalue weighted by Gasteiger charge is -1.96. The molecular weight excluding hydrogens is 154 g/mol. The van der Waals surface area contributed by atoms with E-state index in [4.69, 9.17) is 10.3 Å². The molecule has 1 aromatic heterocycles. The van der Waals surface area contributed by atoms with Crippen molar-refractivity contribution in [3.05, 3.63) is 11.7 Å². The highest BCUT2D eigenvalue weighted by Gasteiger charge is 2.10. The van der Waals surface area contributed by atoms with Gasteiger partial charge in [-0.05, 0) is 12.8 Å². The van der Waals surface area contributed by atoms with Crippen LogP contribution in [0, 0.1) is 5.92 Å². The highest BCUT2D eigenvalue weighted by atomic mass is 16.5. The third-order valence-corrected chi connectivity index (χ3v) is 1.47. The first kappa shape index (κ1) is 9.19. The smallest absolute Gasteiger partial charge is 0.226 e. The molecule has 0 aromatic carbocycles. The number of hydrogen-bond acceptors (Lipinski definition) is 4. The second-order valence-corrected chi connectivity index (χ2v) is 3.43. The van der Waals surface area contributed by atoms with Gasteiger partial charge in [0.25, 0.3) is 0 Å². The molecule has 0 aliphatic rings. The van der Waals surface area contributed by atoms with Crippen molar-refractivity contribution in [2.24, 2.45) is 11.7 Å². The molecule has 0 radical (unpaired) electrons. The molecule has 1 heterocycles. The van der Waals surface area contributed by atoms with E-state index in [0.717, 1.165) is 6.42 Å². The standard InChI is InChI=1S/C8H15N3O/c1-5(2)4-7-10-8(6(3)9)11-12-7/h5-6H,4,9H2,1-3H3. The van der Waals surface area contributed by atoms with Gasteiger partial charge in [0.1, 0.15) is 0 Å². The molecular formula is C8H15N3O. The maximum Gasteiger partial charge on any atom is 0.226 e. The summed E-state index contributed by atoms with van der Waals surface area (Å²) in [5.74, 6) is 1.80. The number of aromatic nitrogens is 2. The van der Waals surface area contributed by atoms with E-state index in [9.17, 15) is 0 Å². The van der Waals surface area contributed by atoms with E-state index >= 15 is 0 Å². The Balaban J connectivity index is 2.64. The van der Waals surface area contributed by atoms with E-state index in [1.165, 1.54) is 0 Å². The van der Waals surface area contributed by atoms with Gasteiger partial charge in [-0.3, -0.25) is 0 Å². The van der Waals surface area contributed by atoms with Crippen molar-refractivity contribution in [2.45, 2.75) is 33.2 Å². The summed E-state index contributed by atoms with van der Waals surface area (Å²) < 4.78 is 5.00. The first-order valence-corrected chi connectivity index (χ1v) is 4.17. The van der Waals surface area contributed by atoms with Crippen molar-refractivity contribution in [3.8, 4) is 0 Å². The summed E-state index contributed by atoms with van der Waals surface area (Å²) in [7, 11) is 0. The van der Waals surface area contributed by atoms with Crippen molar-refractivity contribution in [1.82, 2.24) is 10.1 Å². The Labute approximate surface area is 72.1 Å². The molecule has 0 amide bonds. The molecule has 2 N–H and O–H groups in total. The monoisotopic (exact) mass is 169 g/mol. The third-order valence-electron chi connectivity index (χ3n) is 1.47. The molecule has 0 aliphatic carbocycles. The second-order valence-electron chi connectivity index (χ2n) is 3.43. The molecule has 0 bridgehead atoms. The lowest BCUT2D eigenvalue weighted by atomic mass is 10.1. The average molecular weight is 169 g/mol. The SMILES string of the molecule is CC(C)Cc1nc(C(C)N)no1. The summed E-state index contributed by atoms with van der Waals surface area (Å²) in [5, 5.41) is 3.76. The van der Waals surface area contributed by atoms with Gasteiger partial charge in [0.15, 0.2) is 5.82 Å². The Bertz CT molecular complexity index is 242. The molecule has 0 saturated carbocycles. The highest BCUT2D eigenvalue weighted by molar-refractivity contribution is 4.91. The van der Waals surface area contributed by atoms with E-state index in [1.807, 2.05) is 6.92 Å². The van der Waals surface area contributed by atoms with E-state index in [2.05, 4.69) is 24.0 Å². The summed E-state index contributed by atoms with van der Waals surface area (Å²) in [4.78, 5) is 4.15. The normalized spacial score (nSPS) is 13.8. The predicted molar refractivity (Wildman–Crippen MR) is 45.4 cm³/mol. The Hall–Kier alpha value is -0.900. The van der Waals surface area contributed by atoms with Gasteiger partial charge in [-0.25, -0.2) is 0 Å². The Kier molecular flexibility index (Phi) is 2.81. The van der Waals surface area contributed by atoms with Crippen LogP contribution in [0.2, 0.25) is 0 Å². The maximum absolute atomic E-state index is 5.57. The van der Waals surface area contributed by atoms with Crippen LogP contribution in [0.15, 0.2) is 4.52 Å². The van der Waals surface area contributed by atoms with Crippen LogP contribution in [0.4, 0.5) is 0 Å². The fourth-order valence-electron chi connectivity index (χ4n) is 0.885. The zero-order valence-electron chi connectivity index (χ0n) is 7.74. The first-order chi connectivity index (χ1) is 5.59. The van der Waals surface area contributed by atoms with Crippen LogP contribution in [0.3, 0.4) is 0 Å². The Morgan fingerprint density at radius 2 is 2.08 bits per heavy atom. The minimum atomic E-state index is -0.144.